The summed E-state index contributed by atoms with van der Waals surface area (Å²) in [5.41, 5.74) is 2.46. The zero-order valence-corrected chi connectivity index (χ0v) is 8.31. The Morgan fingerprint density at radius 1 is 1.18 bits per heavy atom. The van der Waals surface area contributed by atoms with Gasteiger partial charge in [-0.25, -0.2) is 0 Å². The van der Waals surface area contributed by atoms with Crippen molar-refractivity contribution in [2.75, 3.05) is 0 Å². The highest BCUT2D eigenvalue weighted by Crippen LogP contribution is 2.17. The molecule has 66 valence electrons. The average Bonchev–Trinajstić information content (AvgIpc) is 2.00. The Balaban J connectivity index is 4.38. The first-order valence-electron chi connectivity index (χ1n) is 4.36. The van der Waals surface area contributed by atoms with E-state index < -0.39 is 0 Å². The fourth-order valence-corrected chi connectivity index (χ4v) is 1.02. The van der Waals surface area contributed by atoms with Gasteiger partial charge in [0.1, 0.15) is 0 Å². The molecule has 0 rings (SSSR count). The van der Waals surface area contributed by atoms with E-state index in [4.69, 9.17) is 0 Å². The number of allylic oxidation sites excluding steroid dienone is 1. The van der Waals surface area contributed by atoms with Gasteiger partial charge in [0.05, 0.1) is 6.10 Å². The van der Waals surface area contributed by atoms with Crippen LogP contribution in [0.15, 0.2) is 11.1 Å². The van der Waals surface area contributed by atoms with E-state index in [1.807, 2.05) is 13.8 Å². The zero-order chi connectivity index (χ0) is 9.02. The molecule has 0 aliphatic heterocycles. The van der Waals surface area contributed by atoms with Crippen molar-refractivity contribution < 1.29 is 5.11 Å². The minimum absolute atomic E-state index is 0.239. The Morgan fingerprint density at radius 2 is 1.64 bits per heavy atom. The molecule has 1 unspecified atom stereocenters. The van der Waals surface area contributed by atoms with Crippen LogP contribution in [0.2, 0.25) is 0 Å². The van der Waals surface area contributed by atoms with E-state index in [-0.39, 0.29) is 6.10 Å². The van der Waals surface area contributed by atoms with Crippen LogP contribution in [0.1, 0.15) is 41.0 Å². The summed E-state index contributed by atoms with van der Waals surface area (Å²) in [4.78, 5) is 0. The van der Waals surface area contributed by atoms with Gasteiger partial charge in [0.15, 0.2) is 0 Å². The van der Waals surface area contributed by atoms with E-state index in [9.17, 15) is 5.11 Å². The maximum Gasteiger partial charge on any atom is 0.0747 e. The zero-order valence-electron chi connectivity index (χ0n) is 8.31. The van der Waals surface area contributed by atoms with Gasteiger partial charge >= 0.3 is 0 Å². The molecular weight excluding hydrogens is 136 g/mol. The molecule has 1 N–H and O–H groups in total. The Bertz CT molecular complexity index is 145. The van der Waals surface area contributed by atoms with Gasteiger partial charge in [-0.2, -0.15) is 0 Å². The van der Waals surface area contributed by atoms with Gasteiger partial charge in [-0.3, -0.25) is 0 Å². The van der Waals surface area contributed by atoms with E-state index in [0.717, 1.165) is 12.0 Å². The third-order valence-electron chi connectivity index (χ3n) is 2.37. The van der Waals surface area contributed by atoms with Crippen molar-refractivity contribution in [3.05, 3.63) is 11.1 Å². The van der Waals surface area contributed by atoms with Crippen LogP contribution in [-0.4, -0.2) is 11.2 Å². The van der Waals surface area contributed by atoms with Crippen LogP contribution in [0, 0.1) is 5.92 Å². The maximum atomic E-state index is 9.49. The molecule has 0 heterocycles. The molecule has 0 bridgehead atoms. The van der Waals surface area contributed by atoms with Gasteiger partial charge in [0.25, 0.3) is 0 Å². The van der Waals surface area contributed by atoms with Crippen LogP contribution in [0.5, 0.6) is 0 Å². The normalized spacial score (nSPS) is 16.6. The molecule has 0 aliphatic carbocycles. The number of rotatable bonds is 3. The number of hydrogen-bond acceptors (Lipinski definition) is 1. The lowest BCUT2D eigenvalue weighted by molar-refractivity contribution is 0.204. The molecule has 0 saturated heterocycles. The molecule has 0 aliphatic rings. The van der Waals surface area contributed by atoms with Crippen molar-refractivity contribution in [2.24, 2.45) is 5.92 Å². The summed E-state index contributed by atoms with van der Waals surface area (Å²) in [6, 6.07) is 0. The van der Waals surface area contributed by atoms with Crippen LogP contribution in [-0.2, 0) is 0 Å². The second-order valence-corrected chi connectivity index (χ2v) is 3.44. The first-order chi connectivity index (χ1) is 5.00. The first kappa shape index (κ1) is 10.7. The van der Waals surface area contributed by atoms with Crippen LogP contribution in [0.3, 0.4) is 0 Å². The fraction of sp³-hybridized carbons (Fsp3) is 0.800. The summed E-state index contributed by atoms with van der Waals surface area (Å²) in [5, 5.41) is 9.49. The summed E-state index contributed by atoms with van der Waals surface area (Å²) < 4.78 is 0. The van der Waals surface area contributed by atoms with Crippen LogP contribution >= 0.6 is 0 Å². The minimum Gasteiger partial charge on any atom is -0.389 e. The van der Waals surface area contributed by atoms with Gasteiger partial charge in [0, 0.05) is 0 Å². The largest absolute Gasteiger partial charge is 0.389 e. The molecule has 0 amide bonds. The lowest BCUT2D eigenvalue weighted by atomic mass is 9.96. The SMILES string of the molecule is CCC(O)C(C)=C(C)C(C)C. The summed E-state index contributed by atoms with van der Waals surface area (Å²) in [7, 11) is 0. The molecule has 0 saturated carbocycles. The van der Waals surface area contributed by atoms with Crippen molar-refractivity contribution in [3.8, 4) is 0 Å². The summed E-state index contributed by atoms with van der Waals surface area (Å²) in [6.07, 6.45) is 0.577. The second kappa shape index (κ2) is 4.55. The van der Waals surface area contributed by atoms with Crippen molar-refractivity contribution >= 4 is 0 Å². The lowest BCUT2D eigenvalue weighted by Gasteiger charge is -2.15. The van der Waals surface area contributed by atoms with Crippen molar-refractivity contribution in [1.29, 1.82) is 0 Å². The van der Waals surface area contributed by atoms with E-state index in [1.54, 1.807) is 0 Å². The maximum absolute atomic E-state index is 9.49. The fourth-order valence-electron chi connectivity index (χ4n) is 1.02. The van der Waals surface area contributed by atoms with Gasteiger partial charge in [-0.15, -0.1) is 0 Å². The van der Waals surface area contributed by atoms with Crippen LogP contribution in [0.4, 0.5) is 0 Å². The molecule has 0 aromatic carbocycles. The number of hydrogen-bond donors (Lipinski definition) is 1. The Morgan fingerprint density at radius 3 is 1.91 bits per heavy atom. The molecule has 0 fully saturated rings. The van der Waals surface area contributed by atoms with E-state index >= 15 is 0 Å². The van der Waals surface area contributed by atoms with E-state index in [0.29, 0.717) is 5.92 Å². The third kappa shape index (κ3) is 3.06. The molecule has 11 heavy (non-hydrogen) atoms. The standard InChI is InChI=1S/C10H20O/c1-6-10(11)9(5)8(4)7(2)3/h7,10-11H,6H2,1-5H3. The Kier molecular flexibility index (Phi) is 4.43. The number of aliphatic hydroxyl groups is 1. The van der Waals surface area contributed by atoms with Crippen molar-refractivity contribution in [2.45, 2.75) is 47.1 Å². The highest BCUT2D eigenvalue weighted by molar-refractivity contribution is 5.15. The number of aliphatic hydroxyl groups excluding tert-OH is 1. The van der Waals surface area contributed by atoms with Gasteiger partial charge in [-0.1, -0.05) is 26.3 Å². The molecular formula is C10H20O. The Labute approximate surface area is 70.1 Å². The summed E-state index contributed by atoms with van der Waals surface area (Å²) in [6.45, 7) is 10.4. The van der Waals surface area contributed by atoms with Crippen molar-refractivity contribution in [1.82, 2.24) is 0 Å². The van der Waals surface area contributed by atoms with Gasteiger partial charge < -0.3 is 5.11 Å². The average molecular weight is 156 g/mol. The van der Waals surface area contributed by atoms with Gasteiger partial charge in [-0.05, 0) is 31.8 Å². The van der Waals surface area contributed by atoms with E-state index in [1.165, 1.54) is 5.57 Å². The minimum atomic E-state index is -0.239. The predicted octanol–water partition coefficient (Wildman–Crippen LogP) is 2.75. The second-order valence-electron chi connectivity index (χ2n) is 3.44. The molecule has 1 nitrogen and oxygen atoms in total. The van der Waals surface area contributed by atoms with Crippen LogP contribution in [0.25, 0.3) is 0 Å². The predicted molar refractivity (Wildman–Crippen MR) is 49.5 cm³/mol. The smallest absolute Gasteiger partial charge is 0.0747 e. The lowest BCUT2D eigenvalue weighted by Crippen LogP contribution is -2.09. The summed E-state index contributed by atoms with van der Waals surface area (Å²) >= 11 is 0. The van der Waals surface area contributed by atoms with Crippen LogP contribution < -0.4 is 0 Å². The molecule has 1 atom stereocenters. The molecule has 0 aromatic rings. The quantitative estimate of drug-likeness (QED) is 0.623. The molecule has 1 heteroatoms. The van der Waals surface area contributed by atoms with Crippen molar-refractivity contribution in [3.63, 3.8) is 0 Å². The van der Waals surface area contributed by atoms with Gasteiger partial charge in [0.2, 0.25) is 0 Å². The Hall–Kier alpha value is -0.300. The topological polar surface area (TPSA) is 20.2 Å². The summed E-state index contributed by atoms with van der Waals surface area (Å²) in [5.74, 6) is 0.552. The monoisotopic (exact) mass is 156 g/mol. The highest BCUT2D eigenvalue weighted by Gasteiger charge is 2.08. The molecule has 0 spiro atoms. The first-order valence-corrected chi connectivity index (χ1v) is 4.36. The highest BCUT2D eigenvalue weighted by atomic mass is 16.3. The molecule has 0 radical (unpaired) electrons. The van der Waals surface area contributed by atoms with E-state index in [2.05, 4.69) is 20.8 Å². The third-order valence-corrected chi connectivity index (χ3v) is 2.37. The molecule has 0 aromatic heterocycles.